The second-order valence-electron chi connectivity index (χ2n) is 7.67. The molecular formula is C21H33N3O6S. The van der Waals surface area contributed by atoms with Crippen LogP contribution in [0.25, 0.3) is 6.08 Å². The van der Waals surface area contributed by atoms with Crippen LogP contribution in [0.2, 0.25) is 0 Å². The third-order valence-electron chi connectivity index (χ3n) is 4.63. The Bertz CT molecular complexity index is 827. The van der Waals surface area contributed by atoms with Gasteiger partial charge >= 0.3 is 0 Å². The molecule has 2 amide bonds. The Morgan fingerprint density at radius 3 is 2.32 bits per heavy atom. The van der Waals surface area contributed by atoms with Gasteiger partial charge < -0.3 is 4.74 Å². The number of carbonyl (C=O) groups excluding carboxylic acids is 2. The van der Waals surface area contributed by atoms with E-state index in [1.54, 1.807) is 11.6 Å². The van der Waals surface area contributed by atoms with Crippen LogP contribution in [0.15, 0.2) is 36.4 Å². The summed E-state index contributed by atoms with van der Waals surface area (Å²) in [5.74, 6) is -3.03. The summed E-state index contributed by atoms with van der Waals surface area (Å²) >= 11 is 0. The molecule has 0 aromatic heterocycles. The van der Waals surface area contributed by atoms with Gasteiger partial charge in [0.1, 0.15) is 0 Å². The molecule has 174 valence electrons. The SMILES string of the molecule is COCCN(NC(=O)[C@H](CC(C)C)[C@H](C/C=C/c1ccccc1)C(=O)NO)S(C)(=O)=O. The standard InChI is InChI=1S/C21H33N3O6S/c1-16(2)15-19(20(25)22-24(13-14-30-3)31(4,28)29)18(21(26)23-27)12-8-11-17-9-6-5-7-10-17/h5-11,16,18-19,27H,12-15H2,1-4H3,(H,22,25)(H,23,26)/b11-8+/t18-,19+/m0/s1. The number of ether oxygens (including phenoxy) is 1. The highest BCUT2D eigenvalue weighted by Crippen LogP contribution is 2.25. The minimum atomic E-state index is -3.74. The fourth-order valence-corrected chi connectivity index (χ4v) is 3.76. The van der Waals surface area contributed by atoms with Gasteiger partial charge in [-0.25, -0.2) is 13.9 Å². The lowest BCUT2D eigenvalue weighted by Gasteiger charge is -2.28. The Labute approximate surface area is 184 Å². The number of amides is 2. The first-order valence-corrected chi connectivity index (χ1v) is 11.9. The second kappa shape index (κ2) is 13.2. The van der Waals surface area contributed by atoms with Crippen LogP contribution >= 0.6 is 0 Å². The largest absolute Gasteiger partial charge is 0.383 e. The molecule has 0 aliphatic rings. The van der Waals surface area contributed by atoms with Crippen LogP contribution in [0.5, 0.6) is 0 Å². The van der Waals surface area contributed by atoms with E-state index in [0.29, 0.717) is 6.42 Å². The number of hydroxylamine groups is 1. The van der Waals surface area contributed by atoms with E-state index < -0.39 is 33.7 Å². The first-order valence-electron chi connectivity index (χ1n) is 10.0. The van der Waals surface area contributed by atoms with Crippen LogP contribution < -0.4 is 10.9 Å². The number of nitrogens with zero attached hydrogens (tertiary/aromatic N) is 1. The van der Waals surface area contributed by atoms with Crippen molar-refractivity contribution in [3.05, 3.63) is 42.0 Å². The van der Waals surface area contributed by atoms with Gasteiger partial charge in [-0.15, -0.1) is 4.41 Å². The van der Waals surface area contributed by atoms with Crippen LogP contribution in [0.1, 0.15) is 32.3 Å². The summed E-state index contributed by atoms with van der Waals surface area (Å²) in [6, 6.07) is 9.45. The number of benzene rings is 1. The molecule has 0 spiro atoms. The van der Waals surface area contributed by atoms with Gasteiger partial charge in [0.15, 0.2) is 0 Å². The zero-order valence-corrected chi connectivity index (χ0v) is 19.3. The van der Waals surface area contributed by atoms with E-state index >= 15 is 0 Å². The smallest absolute Gasteiger partial charge is 0.247 e. The molecule has 1 aromatic carbocycles. The highest BCUT2D eigenvalue weighted by Gasteiger charge is 2.35. The van der Waals surface area contributed by atoms with E-state index in [9.17, 15) is 23.2 Å². The molecule has 0 radical (unpaired) electrons. The second-order valence-corrected chi connectivity index (χ2v) is 9.58. The minimum absolute atomic E-state index is 0.0495. The molecule has 10 heteroatoms. The first-order chi connectivity index (χ1) is 14.6. The number of nitrogens with one attached hydrogen (secondary N) is 2. The van der Waals surface area contributed by atoms with Crippen molar-refractivity contribution in [2.45, 2.75) is 26.7 Å². The Balaban J connectivity index is 3.11. The predicted octanol–water partition coefficient (Wildman–Crippen LogP) is 1.81. The quantitative estimate of drug-likeness (QED) is 0.308. The number of carbonyl (C=O) groups is 2. The van der Waals surface area contributed by atoms with E-state index in [1.165, 1.54) is 7.11 Å². The topological polar surface area (TPSA) is 125 Å². The van der Waals surface area contributed by atoms with Crippen LogP contribution in [-0.4, -0.2) is 56.4 Å². The van der Waals surface area contributed by atoms with Gasteiger partial charge in [0.25, 0.3) is 0 Å². The van der Waals surface area contributed by atoms with Crippen molar-refractivity contribution in [2.24, 2.45) is 17.8 Å². The van der Waals surface area contributed by atoms with Crippen LogP contribution in [0.3, 0.4) is 0 Å². The van der Waals surface area contributed by atoms with Gasteiger partial charge in [-0.3, -0.25) is 20.2 Å². The Kier molecular flexibility index (Phi) is 11.4. The van der Waals surface area contributed by atoms with E-state index in [0.717, 1.165) is 16.2 Å². The monoisotopic (exact) mass is 455 g/mol. The summed E-state index contributed by atoms with van der Waals surface area (Å²) in [6.45, 7) is 3.81. The summed E-state index contributed by atoms with van der Waals surface area (Å²) in [5, 5.41) is 9.24. The van der Waals surface area contributed by atoms with Gasteiger partial charge in [-0.05, 0) is 24.3 Å². The maximum atomic E-state index is 13.1. The molecular weight excluding hydrogens is 422 g/mol. The molecule has 2 atom stereocenters. The Hall–Kier alpha value is -2.27. The van der Waals surface area contributed by atoms with Crippen molar-refractivity contribution in [1.29, 1.82) is 0 Å². The number of hydrogen-bond acceptors (Lipinski definition) is 6. The lowest BCUT2D eigenvalue weighted by atomic mass is 9.82. The van der Waals surface area contributed by atoms with Gasteiger partial charge in [-0.2, -0.15) is 0 Å². The molecule has 3 N–H and O–H groups in total. The first kappa shape index (κ1) is 26.8. The number of hydrazine groups is 1. The normalized spacial score (nSPS) is 14.0. The third kappa shape index (κ3) is 9.60. The molecule has 0 aliphatic heterocycles. The zero-order valence-electron chi connectivity index (χ0n) is 18.4. The maximum Gasteiger partial charge on any atom is 0.247 e. The van der Waals surface area contributed by atoms with Crippen molar-refractivity contribution < 1.29 is 28.0 Å². The molecule has 1 aromatic rings. The van der Waals surface area contributed by atoms with Gasteiger partial charge in [0.05, 0.1) is 31.2 Å². The molecule has 0 saturated heterocycles. The van der Waals surface area contributed by atoms with E-state index in [4.69, 9.17) is 4.74 Å². The van der Waals surface area contributed by atoms with E-state index in [-0.39, 0.29) is 25.5 Å². The predicted molar refractivity (Wildman–Crippen MR) is 118 cm³/mol. The highest BCUT2D eigenvalue weighted by atomic mass is 32.2. The summed E-state index contributed by atoms with van der Waals surface area (Å²) < 4.78 is 29.8. The molecule has 31 heavy (non-hydrogen) atoms. The van der Waals surface area contributed by atoms with Crippen molar-refractivity contribution in [2.75, 3.05) is 26.5 Å². The number of methoxy groups -OCH3 is 1. The average Bonchev–Trinajstić information content (AvgIpc) is 2.72. The third-order valence-corrected chi connectivity index (χ3v) is 5.70. The lowest BCUT2D eigenvalue weighted by Crippen LogP contribution is -2.51. The average molecular weight is 456 g/mol. The van der Waals surface area contributed by atoms with Gasteiger partial charge in [0.2, 0.25) is 21.8 Å². The van der Waals surface area contributed by atoms with Crippen LogP contribution in [-0.2, 0) is 24.3 Å². The molecule has 0 fully saturated rings. The number of sulfonamides is 1. The van der Waals surface area contributed by atoms with Crippen molar-refractivity contribution in [1.82, 2.24) is 15.3 Å². The molecule has 0 unspecified atom stereocenters. The molecule has 1 rings (SSSR count). The van der Waals surface area contributed by atoms with Crippen molar-refractivity contribution in [3.8, 4) is 0 Å². The van der Waals surface area contributed by atoms with E-state index in [1.807, 2.05) is 50.3 Å². The van der Waals surface area contributed by atoms with E-state index in [2.05, 4.69) is 5.43 Å². The highest BCUT2D eigenvalue weighted by molar-refractivity contribution is 7.88. The Morgan fingerprint density at radius 2 is 1.81 bits per heavy atom. The number of allylic oxidation sites excluding steroid dienone is 1. The summed E-state index contributed by atoms with van der Waals surface area (Å²) in [5.41, 5.74) is 4.97. The van der Waals surface area contributed by atoms with Crippen LogP contribution in [0.4, 0.5) is 0 Å². The van der Waals surface area contributed by atoms with Gasteiger partial charge in [0, 0.05) is 7.11 Å². The lowest BCUT2D eigenvalue weighted by molar-refractivity contribution is -0.142. The molecule has 0 bridgehead atoms. The molecule has 0 saturated carbocycles. The zero-order chi connectivity index (χ0) is 23.4. The summed E-state index contributed by atoms with van der Waals surface area (Å²) in [4.78, 5) is 25.5. The van der Waals surface area contributed by atoms with Gasteiger partial charge in [-0.1, -0.05) is 56.3 Å². The molecule has 0 heterocycles. The molecule has 9 nitrogen and oxygen atoms in total. The fourth-order valence-electron chi connectivity index (χ4n) is 3.10. The summed E-state index contributed by atoms with van der Waals surface area (Å²) in [6.07, 6.45) is 5.06. The maximum absolute atomic E-state index is 13.1. The molecule has 0 aliphatic carbocycles. The Morgan fingerprint density at radius 1 is 1.16 bits per heavy atom. The van der Waals surface area contributed by atoms with Crippen LogP contribution in [0, 0.1) is 17.8 Å². The van der Waals surface area contributed by atoms with Crippen molar-refractivity contribution in [3.63, 3.8) is 0 Å². The van der Waals surface area contributed by atoms with Crippen molar-refractivity contribution >= 4 is 27.9 Å². The fraction of sp³-hybridized carbons (Fsp3) is 0.524. The minimum Gasteiger partial charge on any atom is -0.383 e. The number of hydrogen-bond donors (Lipinski definition) is 3. The summed E-state index contributed by atoms with van der Waals surface area (Å²) in [7, 11) is -2.32. The number of rotatable bonds is 13.